The Morgan fingerprint density at radius 2 is 1.95 bits per heavy atom. The third kappa shape index (κ3) is 2.58. The van der Waals surface area contributed by atoms with E-state index in [1.54, 1.807) is 6.20 Å². The van der Waals surface area contributed by atoms with E-state index in [2.05, 4.69) is 10.3 Å². The summed E-state index contributed by atoms with van der Waals surface area (Å²) < 4.78 is 0. The minimum Gasteiger partial charge on any atom is -0.383 e. The average molecular weight is 287 g/mol. The van der Waals surface area contributed by atoms with Crippen LogP contribution >= 0.6 is 11.8 Å². The highest BCUT2D eigenvalue weighted by molar-refractivity contribution is 7.99. The summed E-state index contributed by atoms with van der Waals surface area (Å²) in [6.07, 6.45) is 3.65. The van der Waals surface area contributed by atoms with E-state index in [1.165, 1.54) is 0 Å². The van der Waals surface area contributed by atoms with Crippen LogP contribution in [0.25, 0.3) is 10.8 Å². The molecule has 1 fully saturated rings. The van der Waals surface area contributed by atoms with Gasteiger partial charge in [0, 0.05) is 17.6 Å². The van der Waals surface area contributed by atoms with Crippen LogP contribution in [0.2, 0.25) is 0 Å². The second-order valence-electron chi connectivity index (χ2n) is 4.96. The summed E-state index contributed by atoms with van der Waals surface area (Å²) in [5.41, 5.74) is 6.47. The molecule has 3 N–H and O–H groups in total. The molecule has 0 saturated carbocycles. The molecule has 3 rings (SSSR count). The Bertz CT molecular complexity index is 638. The van der Waals surface area contributed by atoms with Crippen molar-refractivity contribution >= 4 is 34.3 Å². The molecular weight excluding hydrogens is 270 g/mol. The van der Waals surface area contributed by atoms with Gasteiger partial charge in [-0.25, -0.2) is 4.98 Å². The Kier molecular flexibility index (Phi) is 3.78. The zero-order valence-electron chi connectivity index (χ0n) is 11.1. The van der Waals surface area contributed by atoms with Crippen LogP contribution in [0.15, 0.2) is 30.5 Å². The molecule has 0 radical (unpaired) electrons. The topological polar surface area (TPSA) is 68.0 Å². The molecule has 0 atom stereocenters. The number of amides is 1. The molecule has 1 aliphatic heterocycles. The van der Waals surface area contributed by atoms with E-state index in [1.807, 2.05) is 36.0 Å². The van der Waals surface area contributed by atoms with E-state index in [0.717, 1.165) is 35.1 Å². The second kappa shape index (κ2) is 5.71. The quantitative estimate of drug-likeness (QED) is 0.890. The van der Waals surface area contributed by atoms with E-state index in [4.69, 9.17) is 5.73 Å². The Morgan fingerprint density at radius 1 is 1.25 bits per heavy atom. The van der Waals surface area contributed by atoms with Gasteiger partial charge >= 0.3 is 0 Å². The van der Waals surface area contributed by atoms with Crippen LogP contribution in [0.1, 0.15) is 23.2 Å². The van der Waals surface area contributed by atoms with Gasteiger partial charge in [0.15, 0.2) is 0 Å². The van der Waals surface area contributed by atoms with Gasteiger partial charge in [-0.2, -0.15) is 11.8 Å². The Balaban J connectivity index is 1.89. The van der Waals surface area contributed by atoms with Crippen molar-refractivity contribution in [3.63, 3.8) is 0 Å². The average Bonchev–Trinajstić information content (AvgIpc) is 2.49. The maximum absolute atomic E-state index is 12.4. The van der Waals surface area contributed by atoms with Crippen molar-refractivity contribution in [3.05, 3.63) is 36.0 Å². The molecule has 1 amide bonds. The molecule has 0 unspecified atom stereocenters. The first-order valence-corrected chi connectivity index (χ1v) is 7.93. The number of hydrogen-bond acceptors (Lipinski definition) is 4. The molecule has 0 aliphatic carbocycles. The van der Waals surface area contributed by atoms with Gasteiger partial charge in [0.1, 0.15) is 5.82 Å². The number of nitrogens with one attached hydrogen (secondary N) is 1. The van der Waals surface area contributed by atoms with E-state index in [9.17, 15) is 4.79 Å². The first kappa shape index (κ1) is 13.2. The molecule has 5 heteroatoms. The summed E-state index contributed by atoms with van der Waals surface area (Å²) in [7, 11) is 0. The van der Waals surface area contributed by atoms with E-state index >= 15 is 0 Å². The molecule has 0 spiro atoms. The number of anilines is 1. The van der Waals surface area contributed by atoms with Gasteiger partial charge in [-0.3, -0.25) is 4.79 Å². The minimum atomic E-state index is -0.0504. The van der Waals surface area contributed by atoms with Crippen LogP contribution in [0.4, 0.5) is 5.82 Å². The highest BCUT2D eigenvalue weighted by Crippen LogP contribution is 2.23. The van der Waals surface area contributed by atoms with Crippen molar-refractivity contribution in [2.75, 3.05) is 17.2 Å². The second-order valence-corrected chi connectivity index (χ2v) is 6.19. The number of nitrogens with two attached hydrogens (primary N) is 1. The van der Waals surface area contributed by atoms with Crippen molar-refractivity contribution in [2.45, 2.75) is 18.9 Å². The van der Waals surface area contributed by atoms with Crippen molar-refractivity contribution in [2.24, 2.45) is 0 Å². The summed E-state index contributed by atoms with van der Waals surface area (Å²) in [4.78, 5) is 16.6. The van der Waals surface area contributed by atoms with Gasteiger partial charge in [0.25, 0.3) is 5.91 Å². The number of nitrogen functional groups attached to an aromatic ring is 1. The first-order valence-electron chi connectivity index (χ1n) is 6.77. The normalized spacial score (nSPS) is 16.2. The lowest BCUT2D eigenvalue weighted by atomic mass is 10.1. The first-order chi connectivity index (χ1) is 9.75. The van der Waals surface area contributed by atoms with Gasteiger partial charge in [-0.15, -0.1) is 0 Å². The molecule has 1 aliphatic rings. The zero-order chi connectivity index (χ0) is 13.9. The third-order valence-corrected chi connectivity index (χ3v) is 4.68. The lowest BCUT2D eigenvalue weighted by molar-refractivity contribution is 0.0936. The standard InChI is InChI=1S/C15H17N3OS/c16-14-12-4-2-1-3-11(12)13(9-17-14)15(19)18-10-5-7-20-8-6-10/h1-4,9-10H,5-8H2,(H2,16,17)(H,18,19). The number of fused-ring (bicyclic) bond motifs is 1. The number of carbonyl (C=O) groups excluding carboxylic acids is 1. The predicted molar refractivity (Wildman–Crippen MR) is 84.0 cm³/mol. The maximum Gasteiger partial charge on any atom is 0.253 e. The molecule has 0 bridgehead atoms. The van der Waals surface area contributed by atoms with Crippen molar-refractivity contribution in [1.82, 2.24) is 10.3 Å². The SMILES string of the molecule is Nc1ncc(C(=O)NC2CCSCC2)c2ccccc12. The Morgan fingerprint density at radius 3 is 2.70 bits per heavy atom. The van der Waals surface area contributed by atoms with Crippen LogP contribution in [-0.2, 0) is 0 Å². The van der Waals surface area contributed by atoms with Crippen LogP contribution in [0.5, 0.6) is 0 Å². The molecule has 1 aromatic heterocycles. The van der Waals surface area contributed by atoms with E-state index in [0.29, 0.717) is 11.4 Å². The van der Waals surface area contributed by atoms with Crippen molar-refractivity contribution in [3.8, 4) is 0 Å². The number of rotatable bonds is 2. The van der Waals surface area contributed by atoms with E-state index in [-0.39, 0.29) is 11.9 Å². The molecule has 1 aromatic carbocycles. The highest BCUT2D eigenvalue weighted by Gasteiger charge is 2.18. The monoisotopic (exact) mass is 287 g/mol. The maximum atomic E-state index is 12.4. The molecule has 1 saturated heterocycles. The number of pyridine rings is 1. The van der Waals surface area contributed by atoms with Gasteiger partial charge in [-0.05, 0) is 29.7 Å². The van der Waals surface area contributed by atoms with Gasteiger partial charge < -0.3 is 11.1 Å². The lowest BCUT2D eigenvalue weighted by Crippen LogP contribution is -2.37. The fourth-order valence-electron chi connectivity index (χ4n) is 2.50. The smallest absolute Gasteiger partial charge is 0.253 e. The Hall–Kier alpha value is -1.75. The van der Waals surface area contributed by atoms with Crippen molar-refractivity contribution < 1.29 is 4.79 Å². The largest absolute Gasteiger partial charge is 0.383 e. The van der Waals surface area contributed by atoms with Crippen LogP contribution in [0.3, 0.4) is 0 Å². The Labute approximate surface area is 122 Å². The molecular formula is C15H17N3OS. The summed E-state index contributed by atoms with van der Waals surface area (Å²) in [6, 6.07) is 7.90. The molecule has 20 heavy (non-hydrogen) atoms. The summed E-state index contributed by atoms with van der Waals surface area (Å²) in [6.45, 7) is 0. The predicted octanol–water partition coefficient (Wildman–Crippen LogP) is 2.44. The molecule has 2 heterocycles. The van der Waals surface area contributed by atoms with Gasteiger partial charge in [0.2, 0.25) is 0 Å². The number of thioether (sulfide) groups is 1. The minimum absolute atomic E-state index is 0.0504. The number of benzene rings is 1. The summed E-state index contributed by atoms with van der Waals surface area (Å²) in [5.74, 6) is 2.65. The fraction of sp³-hybridized carbons (Fsp3) is 0.333. The molecule has 4 nitrogen and oxygen atoms in total. The van der Waals surface area contributed by atoms with E-state index < -0.39 is 0 Å². The van der Waals surface area contributed by atoms with Crippen molar-refractivity contribution in [1.29, 1.82) is 0 Å². The zero-order valence-corrected chi connectivity index (χ0v) is 12.0. The highest BCUT2D eigenvalue weighted by atomic mass is 32.2. The van der Waals surface area contributed by atoms with Gasteiger partial charge in [0.05, 0.1) is 5.56 Å². The molecule has 2 aromatic rings. The van der Waals surface area contributed by atoms with Gasteiger partial charge in [-0.1, -0.05) is 24.3 Å². The summed E-state index contributed by atoms with van der Waals surface area (Å²) in [5, 5.41) is 4.81. The fourth-order valence-corrected chi connectivity index (χ4v) is 3.61. The van der Waals surface area contributed by atoms with Crippen LogP contribution < -0.4 is 11.1 Å². The van der Waals surface area contributed by atoms with Crippen LogP contribution in [0, 0.1) is 0 Å². The molecule has 104 valence electrons. The number of carbonyl (C=O) groups is 1. The summed E-state index contributed by atoms with van der Waals surface area (Å²) >= 11 is 1.95. The third-order valence-electron chi connectivity index (χ3n) is 3.63. The lowest BCUT2D eigenvalue weighted by Gasteiger charge is -2.22. The number of hydrogen-bond donors (Lipinski definition) is 2. The number of aromatic nitrogens is 1. The van der Waals surface area contributed by atoms with Crippen LogP contribution in [-0.4, -0.2) is 28.4 Å². The number of nitrogens with zero attached hydrogens (tertiary/aromatic N) is 1.